The van der Waals surface area contributed by atoms with Crippen LogP contribution in [-0.4, -0.2) is 43.5 Å². The van der Waals surface area contributed by atoms with E-state index < -0.39 is 0 Å². The zero-order valence-electron chi connectivity index (χ0n) is 17.7. The number of rotatable bonds is 7. The fourth-order valence-electron chi connectivity index (χ4n) is 2.60. The van der Waals surface area contributed by atoms with Crippen molar-refractivity contribution >= 4 is 38.8 Å². The van der Waals surface area contributed by atoms with Crippen LogP contribution in [0.15, 0.2) is 49.4 Å². The van der Waals surface area contributed by atoms with Crippen molar-refractivity contribution in [1.82, 2.24) is 9.97 Å². The molecule has 0 spiro atoms. The van der Waals surface area contributed by atoms with E-state index in [0.29, 0.717) is 4.88 Å². The molecule has 7 heteroatoms. The molecule has 154 valence electrons. The highest BCUT2D eigenvalue weighted by Crippen LogP contribution is 2.30. The molecule has 0 aliphatic carbocycles. The van der Waals surface area contributed by atoms with E-state index in [1.807, 2.05) is 54.2 Å². The van der Waals surface area contributed by atoms with Gasteiger partial charge in [0.1, 0.15) is 22.7 Å². The van der Waals surface area contributed by atoms with Crippen molar-refractivity contribution in [3.8, 4) is 5.75 Å². The average molecular weight is 413 g/mol. The Kier molecular flexibility index (Phi) is 8.15. The number of aromatic nitrogens is 2. The Morgan fingerprint density at radius 1 is 1.21 bits per heavy atom. The van der Waals surface area contributed by atoms with Gasteiger partial charge in [-0.2, -0.15) is 0 Å². The molecule has 6 nitrogen and oxygen atoms in total. The first-order chi connectivity index (χ1) is 13.9. The predicted octanol–water partition coefficient (Wildman–Crippen LogP) is 5.02. The molecule has 1 aromatic carbocycles. The average Bonchev–Trinajstić information content (AvgIpc) is 3.17. The van der Waals surface area contributed by atoms with Crippen LogP contribution in [0, 0.1) is 0 Å². The Morgan fingerprint density at radius 3 is 2.41 bits per heavy atom. The van der Waals surface area contributed by atoms with Crippen LogP contribution in [0.2, 0.25) is 0 Å². The highest BCUT2D eigenvalue weighted by atomic mass is 32.1. The van der Waals surface area contributed by atoms with Gasteiger partial charge in [0.2, 0.25) is 0 Å². The summed E-state index contributed by atoms with van der Waals surface area (Å²) in [5.41, 5.74) is 0.879. The number of nitrogens with zero attached hydrogens (tertiary/aromatic N) is 4. The van der Waals surface area contributed by atoms with Gasteiger partial charge in [0.25, 0.3) is 0 Å². The number of benzene rings is 1. The number of thiophene rings is 1. The van der Waals surface area contributed by atoms with Crippen LogP contribution < -0.4 is 14.5 Å². The monoisotopic (exact) mass is 412 g/mol. The number of hydrogen-bond donors (Lipinski definition) is 0. The third-order valence-electron chi connectivity index (χ3n) is 3.95. The first kappa shape index (κ1) is 22.4. The lowest BCUT2D eigenvalue weighted by Gasteiger charge is -2.19. The second-order valence-corrected chi connectivity index (χ2v) is 7.59. The largest absolute Gasteiger partial charge is 0.497 e. The molecule has 3 aromatic rings. The highest BCUT2D eigenvalue weighted by molar-refractivity contribution is 7.20. The van der Waals surface area contributed by atoms with Crippen molar-refractivity contribution in [3.63, 3.8) is 0 Å². The van der Waals surface area contributed by atoms with Crippen LogP contribution in [0.25, 0.3) is 10.2 Å². The Balaban J connectivity index is 0.000000941. The Labute approximate surface area is 176 Å². The molecule has 0 radical (unpaired) electrons. The molecule has 0 bridgehead atoms. The molecule has 29 heavy (non-hydrogen) atoms. The van der Waals surface area contributed by atoms with E-state index in [2.05, 4.69) is 30.4 Å². The smallest absolute Gasteiger partial charge is 0.192 e. The number of anilines is 2. The number of methoxy groups -OCH3 is 1. The number of ketones is 1. The number of carbonyl (C=O) groups is 1. The molecule has 0 saturated carbocycles. The van der Waals surface area contributed by atoms with Crippen molar-refractivity contribution in [2.75, 3.05) is 37.5 Å². The first-order valence-corrected chi connectivity index (χ1v) is 10.2. The summed E-state index contributed by atoms with van der Waals surface area (Å²) in [6.07, 6.45) is 4.42. The number of Topliss-reactive ketones (excluding diaryl/α,β-unsaturated/α-hetero) is 1. The summed E-state index contributed by atoms with van der Waals surface area (Å²) in [7, 11) is 5.46. The minimum absolute atomic E-state index is 0.00780. The lowest BCUT2D eigenvalue weighted by molar-refractivity contribution is 0.100. The van der Waals surface area contributed by atoms with Gasteiger partial charge < -0.3 is 14.5 Å². The van der Waals surface area contributed by atoms with Crippen LogP contribution in [0.4, 0.5) is 11.5 Å². The Hall–Kier alpha value is -2.93. The minimum Gasteiger partial charge on any atom is -0.497 e. The fourth-order valence-corrected chi connectivity index (χ4v) is 3.53. The number of carbonyl (C=O) groups excluding carboxylic acids is 1. The molecule has 0 N–H and O–H groups in total. The molecular weight excluding hydrogens is 384 g/mol. The van der Waals surface area contributed by atoms with E-state index in [-0.39, 0.29) is 12.3 Å². The van der Waals surface area contributed by atoms with E-state index in [4.69, 9.17) is 4.74 Å². The van der Waals surface area contributed by atoms with Gasteiger partial charge in [-0.05, 0) is 36.5 Å². The molecule has 3 rings (SSSR count). The van der Waals surface area contributed by atoms with Crippen molar-refractivity contribution in [1.29, 1.82) is 0 Å². The normalized spacial score (nSPS) is 10.1. The van der Waals surface area contributed by atoms with Gasteiger partial charge >= 0.3 is 0 Å². The summed E-state index contributed by atoms with van der Waals surface area (Å²) < 4.78 is 5.17. The van der Waals surface area contributed by atoms with Gasteiger partial charge in [0, 0.05) is 19.8 Å². The summed E-state index contributed by atoms with van der Waals surface area (Å²) in [6, 6.07) is 9.37. The zero-order valence-corrected chi connectivity index (χ0v) is 18.5. The van der Waals surface area contributed by atoms with Gasteiger partial charge in [0.15, 0.2) is 5.78 Å². The van der Waals surface area contributed by atoms with Crippen molar-refractivity contribution in [2.24, 2.45) is 0 Å². The van der Waals surface area contributed by atoms with Gasteiger partial charge in [-0.3, -0.25) is 4.79 Å². The van der Waals surface area contributed by atoms with E-state index in [1.54, 1.807) is 13.3 Å². The molecular formula is C22H28N4O2S. The second kappa shape index (κ2) is 10.6. The summed E-state index contributed by atoms with van der Waals surface area (Å²) in [6.45, 7) is 8.28. The lowest BCUT2D eigenvalue weighted by atomic mass is 10.2. The van der Waals surface area contributed by atoms with Crippen molar-refractivity contribution in [3.05, 3.63) is 54.3 Å². The van der Waals surface area contributed by atoms with E-state index in [0.717, 1.165) is 27.5 Å². The van der Waals surface area contributed by atoms with E-state index >= 15 is 0 Å². The van der Waals surface area contributed by atoms with Gasteiger partial charge in [0.05, 0.1) is 23.9 Å². The quantitative estimate of drug-likeness (QED) is 0.508. The molecule has 0 unspecified atom stereocenters. The molecule has 2 aromatic heterocycles. The summed E-state index contributed by atoms with van der Waals surface area (Å²) in [5.74, 6) is 1.58. The van der Waals surface area contributed by atoms with Gasteiger partial charge in [-0.25, -0.2) is 9.97 Å². The maximum Gasteiger partial charge on any atom is 0.192 e. The third-order valence-corrected chi connectivity index (χ3v) is 5.03. The Bertz CT molecular complexity index is 951. The minimum atomic E-state index is 0.00780. The standard InChI is InChI=1S/C19H20N4O2S.C3H8/c1-5-23(13-6-8-14(25-4)9-7-13)11-16(24)17-10-15-18(22(2)3)20-12-21-19(15)26-17;1-3-2/h5-10,12H,1,11H2,2-4H3;3H2,1-2H3. The molecule has 0 atom stereocenters. The second-order valence-electron chi connectivity index (χ2n) is 6.56. The summed E-state index contributed by atoms with van der Waals surface area (Å²) >= 11 is 1.38. The Morgan fingerprint density at radius 2 is 1.86 bits per heavy atom. The highest BCUT2D eigenvalue weighted by Gasteiger charge is 2.17. The van der Waals surface area contributed by atoms with Crippen LogP contribution >= 0.6 is 11.3 Å². The molecule has 0 aliphatic heterocycles. The van der Waals surface area contributed by atoms with Crippen LogP contribution in [0.3, 0.4) is 0 Å². The number of hydrogen-bond acceptors (Lipinski definition) is 7. The molecule has 0 saturated heterocycles. The predicted molar refractivity (Wildman–Crippen MR) is 123 cm³/mol. The maximum atomic E-state index is 12.8. The number of fused-ring (bicyclic) bond motifs is 1. The van der Waals surface area contributed by atoms with E-state index in [9.17, 15) is 4.79 Å². The summed E-state index contributed by atoms with van der Waals surface area (Å²) in [5, 5.41) is 0.889. The third kappa shape index (κ3) is 5.54. The molecule has 0 fully saturated rings. The van der Waals surface area contributed by atoms with E-state index in [1.165, 1.54) is 24.1 Å². The lowest BCUT2D eigenvalue weighted by Crippen LogP contribution is -2.23. The first-order valence-electron chi connectivity index (χ1n) is 9.43. The van der Waals surface area contributed by atoms with Crippen LogP contribution in [-0.2, 0) is 0 Å². The molecule has 0 amide bonds. The van der Waals surface area contributed by atoms with Crippen LogP contribution in [0.1, 0.15) is 29.9 Å². The molecule has 2 heterocycles. The summed E-state index contributed by atoms with van der Waals surface area (Å²) in [4.78, 5) is 26.6. The van der Waals surface area contributed by atoms with Crippen LogP contribution in [0.5, 0.6) is 5.75 Å². The number of ether oxygens (including phenoxy) is 1. The topological polar surface area (TPSA) is 58.6 Å². The van der Waals surface area contributed by atoms with Gasteiger partial charge in [-0.1, -0.05) is 26.8 Å². The van der Waals surface area contributed by atoms with Crippen molar-refractivity contribution < 1.29 is 9.53 Å². The van der Waals surface area contributed by atoms with Crippen molar-refractivity contribution in [2.45, 2.75) is 20.3 Å². The zero-order chi connectivity index (χ0) is 21.4. The van der Waals surface area contributed by atoms with Gasteiger partial charge in [-0.15, -0.1) is 11.3 Å². The molecule has 0 aliphatic rings. The fraction of sp³-hybridized carbons (Fsp3) is 0.318. The SMILES string of the molecule is C=CN(CC(=O)c1cc2c(N(C)C)ncnc2s1)c1ccc(OC)cc1.CCC. The maximum absolute atomic E-state index is 12.8.